The van der Waals surface area contributed by atoms with E-state index in [1.807, 2.05) is 35.3 Å². The van der Waals surface area contributed by atoms with Crippen molar-refractivity contribution in [3.05, 3.63) is 77.9 Å². The minimum atomic E-state index is -1.65. The maximum absolute atomic E-state index is 12.9. The van der Waals surface area contributed by atoms with Crippen LogP contribution >= 0.6 is 0 Å². The topological polar surface area (TPSA) is 62.3 Å². The third-order valence-electron chi connectivity index (χ3n) is 6.36. The Morgan fingerprint density at radius 1 is 1.23 bits per heavy atom. The Kier molecular flexibility index (Phi) is 5.43. The standard InChI is InChI=1S/C25H29NO4/c1-4-8-19-17-18(2)9-14-22(19)24(28,20-10-12-21(29-3)13-11-20)25(23(27)30-25)26-15-6-5-7-16-26/h4,9-14,28H,1-2,5-8,15-17H2,3H3. The molecule has 0 saturated carbocycles. The predicted octanol–water partition coefficient (Wildman–Crippen LogP) is 4.01. The number of hydrogen-bond donors (Lipinski definition) is 1. The van der Waals surface area contributed by atoms with Crippen molar-refractivity contribution in [2.75, 3.05) is 20.2 Å². The summed E-state index contributed by atoms with van der Waals surface area (Å²) in [5.74, 6) is 0.301. The maximum atomic E-state index is 12.9. The normalized spacial score (nSPS) is 26.2. The summed E-state index contributed by atoms with van der Waals surface area (Å²) >= 11 is 0. The smallest absolute Gasteiger partial charge is 0.373 e. The Balaban J connectivity index is 1.92. The molecule has 3 aliphatic rings. The molecule has 158 valence electrons. The van der Waals surface area contributed by atoms with E-state index in [1.54, 1.807) is 19.2 Å². The quantitative estimate of drug-likeness (QED) is 0.547. The minimum Gasteiger partial charge on any atom is -0.497 e. The van der Waals surface area contributed by atoms with Crippen LogP contribution < -0.4 is 4.74 Å². The highest BCUT2D eigenvalue weighted by molar-refractivity contribution is 5.95. The Labute approximate surface area is 178 Å². The van der Waals surface area contributed by atoms with Crippen LogP contribution in [0.15, 0.2) is 72.4 Å². The van der Waals surface area contributed by atoms with E-state index < -0.39 is 11.3 Å². The molecular formula is C25H29NO4. The first-order chi connectivity index (χ1) is 14.5. The number of nitrogens with zero attached hydrogens (tertiary/aromatic N) is 1. The van der Waals surface area contributed by atoms with Gasteiger partial charge in [0.1, 0.15) is 5.75 Å². The lowest BCUT2D eigenvalue weighted by Crippen LogP contribution is -2.57. The van der Waals surface area contributed by atoms with Gasteiger partial charge in [-0.2, -0.15) is 0 Å². The van der Waals surface area contributed by atoms with Crippen molar-refractivity contribution < 1.29 is 19.4 Å². The van der Waals surface area contributed by atoms with Gasteiger partial charge < -0.3 is 14.6 Å². The molecule has 2 unspecified atom stereocenters. The zero-order valence-corrected chi connectivity index (χ0v) is 17.5. The van der Waals surface area contributed by atoms with E-state index in [0.717, 1.165) is 30.4 Å². The molecule has 0 bridgehead atoms. The lowest BCUT2D eigenvalue weighted by molar-refractivity contribution is -0.122. The van der Waals surface area contributed by atoms with Crippen LogP contribution in [-0.2, 0) is 15.1 Å². The lowest BCUT2D eigenvalue weighted by atomic mass is 9.73. The van der Waals surface area contributed by atoms with Crippen LogP contribution in [0, 0.1) is 0 Å². The Morgan fingerprint density at radius 3 is 2.47 bits per heavy atom. The Bertz CT molecular complexity index is 923. The minimum absolute atomic E-state index is 0.383. The number of allylic oxidation sites excluding steroid dienone is 4. The van der Waals surface area contributed by atoms with Gasteiger partial charge in [-0.15, -0.1) is 6.58 Å². The third-order valence-corrected chi connectivity index (χ3v) is 6.36. The maximum Gasteiger partial charge on any atom is 0.373 e. The van der Waals surface area contributed by atoms with Crippen LogP contribution in [0.4, 0.5) is 0 Å². The van der Waals surface area contributed by atoms with Crippen molar-refractivity contribution in [3.63, 3.8) is 0 Å². The molecule has 0 radical (unpaired) electrons. The molecule has 0 spiro atoms. The number of likely N-dealkylation sites (tertiary alicyclic amines) is 1. The fraction of sp³-hybridized carbons (Fsp3) is 0.400. The summed E-state index contributed by atoms with van der Waals surface area (Å²) < 4.78 is 11.0. The Morgan fingerprint density at radius 2 is 1.90 bits per heavy atom. The molecule has 1 N–H and O–H groups in total. The number of carbonyl (C=O) groups is 1. The highest BCUT2D eigenvalue weighted by Crippen LogP contribution is 2.55. The summed E-state index contributed by atoms with van der Waals surface area (Å²) in [4.78, 5) is 14.9. The second-order valence-electron chi connectivity index (χ2n) is 8.20. The van der Waals surface area contributed by atoms with Crippen LogP contribution in [0.3, 0.4) is 0 Å². The summed E-state index contributed by atoms with van der Waals surface area (Å²) in [7, 11) is 1.60. The van der Waals surface area contributed by atoms with Gasteiger partial charge in [0, 0.05) is 13.1 Å². The van der Waals surface area contributed by atoms with E-state index in [-0.39, 0.29) is 5.97 Å². The van der Waals surface area contributed by atoms with E-state index in [1.165, 1.54) is 0 Å². The SMILES string of the molecule is C=CCC1=C(C(O)(c2ccc(OC)cc2)C2(N3CCCCC3)OC2=O)C=CC(=C)C1. The van der Waals surface area contributed by atoms with Crippen molar-refractivity contribution >= 4 is 5.97 Å². The van der Waals surface area contributed by atoms with Gasteiger partial charge >= 0.3 is 11.7 Å². The van der Waals surface area contributed by atoms with Gasteiger partial charge in [0.25, 0.3) is 0 Å². The van der Waals surface area contributed by atoms with E-state index in [9.17, 15) is 9.90 Å². The molecule has 4 rings (SSSR count). The lowest BCUT2D eigenvalue weighted by Gasteiger charge is -2.42. The molecule has 2 saturated heterocycles. The van der Waals surface area contributed by atoms with Gasteiger partial charge in [0.15, 0.2) is 5.60 Å². The molecule has 2 heterocycles. The molecule has 30 heavy (non-hydrogen) atoms. The molecule has 2 atom stereocenters. The number of carbonyl (C=O) groups excluding carboxylic acids is 1. The number of methoxy groups -OCH3 is 1. The zero-order valence-electron chi connectivity index (χ0n) is 17.5. The molecule has 0 amide bonds. The van der Waals surface area contributed by atoms with E-state index in [4.69, 9.17) is 9.47 Å². The summed E-state index contributed by atoms with van der Waals surface area (Å²) in [6.07, 6.45) is 9.90. The van der Waals surface area contributed by atoms with Crippen molar-refractivity contribution in [3.8, 4) is 5.75 Å². The van der Waals surface area contributed by atoms with Crippen molar-refractivity contribution in [1.29, 1.82) is 0 Å². The number of ether oxygens (including phenoxy) is 2. The second-order valence-corrected chi connectivity index (χ2v) is 8.20. The van der Waals surface area contributed by atoms with Crippen molar-refractivity contribution in [2.24, 2.45) is 0 Å². The average Bonchev–Trinajstić information content (AvgIpc) is 3.47. The summed E-state index contributed by atoms with van der Waals surface area (Å²) in [5, 5.41) is 12.5. The molecule has 5 heteroatoms. The van der Waals surface area contributed by atoms with Crippen LogP contribution in [0.5, 0.6) is 5.75 Å². The number of epoxide rings is 1. The van der Waals surface area contributed by atoms with Gasteiger partial charge in [-0.25, -0.2) is 4.79 Å². The third kappa shape index (κ3) is 3.13. The van der Waals surface area contributed by atoms with Crippen LogP contribution in [0.2, 0.25) is 0 Å². The summed E-state index contributed by atoms with van der Waals surface area (Å²) in [5.41, 5.74) is 0.193. The van der Waals surface area contributed by atoms with Gasteiger partial charge in [-0.05, 0) is 49.0 Å². The number of aliphatic hydroxyl groups is 1. The highest BCUT2D eigenvalue weighted by atomic mass is 16.7. The van der Waals surface area contributed by atoms with Gasteiger partial charge in [-0.3, -0.25) is 4.90 Å². The van der Waals surface area contributed by atoms with Crippen LogP contribution in [0.25, 0.3) is 0 Å². The number of rotatable bonds is 7. The number of cyclic esters (lactones) is 1. The fourth-order valence-corrected chi connectivity index (χ4v) is 4.81. The monoisotopic (exact) mass is 407 g/mol. The molecule has 1 aromatic rings. The van der Waals surface area contributed by atoms with Crippen molar-refractivity contribution in [1.82, 2.24) is 4.90 Å². The summed E-state index contributed by atoms with van der Waals surface area (Å²) in [6.45, 7) is 9.38. The van der Waals surface area contributed by atoms with Gasteiger partial charge in [-0.1, -0.05) is 54.5 Å². The highest BCUT2D eigenvalue weighted by Gasteiger charge is 2.76. The molecular weight excluding hydrogens is 378 g/mol. The molecule has 0 aromatic heterocycles. The molecule has 1 aliphatic carbocycles. The van der Waals surface area contributed by atoms with Gasteiger partial charge in [0.2, 0.25) is 0 Å². The van der Waals surface area contributed by atoms with E-state index in [2.05, 4.69) is 13.2 Å². The zero-order chi connectivity index (χ0) is 21.4. The first-order valence-corrected chi connectivity index (χ1v) is 10.5. The number of piperidine rings is 1. The Hall–Kier alpha value is -2.63. The largest absolute Gasteiger partial charge is 0.497 e. The second kappa shape index (κ2) is 7.89. The van der Waals surface area contributed by atoms with E-state index >= 15 is 0 Å². The summed E-state index contributed by atoms with van der Waals surface area (Å²) in [6, 6.07) is 7.23. The number of hydrogen-bond acceptors (Lipinski definition) is 5. The van der Waals surface area contributed by atoms with Crippen LogP contribution in [-0.4, -0.2) is 41.9 Å². The molecule has 2 fully saturated rings. The van der Waals surface area contributed by atoms with Crippen LogP contribution in [0.1, 0.15) is 37.7 Å². The van der Waals surface area contributed by atoms with E-state index in [0.29, 0.717) is 42.8 Å². The fourth-order valence-electron chi connectivity index (χ4n) is 4.81. The van der Waals surface area contributed by atoms with Crippen molar-refractivity contribution in [2.45, 2.75) is 43.4 Å². The molecule has 2 aliphatic heterocycles. The van der Waals surface area contributed by atoms with Gasteiger partial charge in [0.05, 0.1) is 7.11 Å². The first-order valence-electron chi connectivity index (χ1n) is 10.5. The average molecular weight is 408 g/mol. The number of benzene rings is 1. The predicted molar refractivity (Wildman–Crippen MR) is 116 cm³/mol. The molecule has 1 aromatic carbocycles. The molecule has 5 nitrogen and oxygen atoms in total. The first kappa shape index (κ1) is 20.6.